The summed E-state index contributed by atoms with van der Waals surface area (Å²) in [5, 5.41) is 4.98. The van der Waals surface area contributed by atoms with E-state index in [1.54, 1.807) is 49.7 Å². The van der Waals surface area contributed by atoms with Crippen LogP contribution in [0.25, 0.3) is 11.3 Å². The molecule has 0 bridgehead atoms. The van der Waals surface area contributed by atoms with Gasteiger partial charge in [-0.1, -0.05) is 12.1 Å². The Bertz CT molecular complexity index is 896. The number of amides is 1. The number of halogens is 1. The minimum atomic E-state index is -0.732. The quantitative estimate of drug-likeness (QED) is 0.698. The predicted molar refractivity (Wildman–Crippen MR) is 99.2 cm³/mol. The summed E-state index contributed by atoms with van der Waals surface area (Å²) in [7, 11) is 1.54. The second-order valence-corrected chi connectivity index (χ2v) is 6.30. The summed E-state index contributed by atoms with van der Waals surface area (Å²) in [5.41, 5.74) is 1.45. The second kappa shape index (κ2) is 7.97. The number of aromatic nitrogens is 1. The van der Waals surface area contributed by atoms with Gasteiger partial charge in [-0.15, -0.1) is 11.3 Å². The molecule has 26 heavy (non-hydrogen) atoms. The summed E-state index contributed by atoms with van der Waals surface area (Å²) < 4.78 is 23.9. The molecule has 0 fully saturated rings. The summed E-state index contributed by atoms with van der Waals surface area (Å²) in [4.78, 5) is 16.7. The number of thiazole rings is 1. The van der Waals surface area contributed by atoms with Gasteiger partial charge < -0.3 is 9.47 Å². The molecule has 7 heteroatoms. The molecule has 1 atom stereocenters. The molecule has 0 aliphatic carbocycles. The lowest BCUT2D eigenvalue weighted by Gasteiger charge is -2.15. The van der Waals surface area contributed by atoms with Crippen molar-refractivity contribution in [3.05, 3.63) is 59.7 Å². The molecule has 0 saturated carbocycles. The first-order valence-electron chi connectivity index (χ1n) is 7.89. The lowest BCUT2D eigenvalue weighted by Crippen LogP contribution is -2.30. The molecule has 0 spiro atoms. The average molecular weight is 372 g/mol. The second-order valence-electron chi connectivity index (χ2n) is 5.44. The third-order valence-corrected chi connectivity index (χ3v) is 4.37. The summed E-state index contributed by atoms with van der Waals surface area (Å²) in [6.45, 7) is 1.65. The van der Waals surface area contributed by atoms with Gasteiger partial charge in [0.25, 0.3) is 5.91 Å². The van der Waals surface area contributed by atoms with Crippen molar-refractivity contribution in [1.82, 2.24) is 4.98 Å². The van der Waals surface area contributed by atoms with E-state index in [9.17, 15) is 9.18 Å². The van der Waals surface area contributed by atoms with Gasteiger partial charge in [0.2, 0.25) is 0 Å². The number of benzene rings is 2. The largest absolute Gasteiger partial charge is 0.493 e. The first kappa shape index (κ1) is 17.9. The van der Waals surface area contributed by atoms with E-state index in [-0.39, 0.29) is 11.7 Å². The van der Waals surface area contributed by atoms with Crippen LogP contribution in [0.3, 0.4) is 0 Å². The molecule has 0 saturated heterocycles. The lowest BCUT2D eigenvalue weighted by molar-refractivity contribution is -0.122. The number of carbonyl (C=O) groups excluding carboxylic acids is 1. The highest BCUT2D eigenvalue weighted by molar-refractivity contribution is 7.14. The number of carbonyl (C=O) groups is 1. The summed E-state index contributed by atoms with van der Waals surface area (Å²) in [6.07, 6.45) is -0.732. The van der Waals surface area contributed by atoms with Crippen LogP contribution >= 0.6 is 11.3 Å². The molecule has 3 aromatic rings. The van der Waals surface area contributed by atoms with Crippen molar-refractivity contribution in [1.29, 1.82) is 0 Å². The molecule has 0 unspecified atom stereocenters. The molecule has 1 amide bonds. The Morgan fingerprint density at radius 2 is 1.85 bits per heavy atom. The van der Waals surface area contributed by atoms with Crippen LogP contribution in [0.4, 0.5) is 9.52 Å². The fourth-order valence-corrected chi connectivity index (χ4v) is 2.97. The SMILES string of the molecule is COc1ccccc1O[C@H](C)C(=O)Nc1nc(-c2ccc(F)cc2)cs1. The van der Waals surface area contributed by atoms with Crippen molar-refractivity contribution in [2.75, 3.05) is 12.4 Å². The molecule has 1 aromatic heterocycles. The van der Waals surface area contributed by atoms with Crippen molar-refractivity contribution >= 4 is 22.4 Å². The zero-order chi connectivity index (χ0) is 18.5. The normalized spacial score (nSPS) is 11.7. The van der Waals surface area contributed by atoms with Gasteiger partial charge in [0, 0.05) is 10.9 Å². The Morgan fingerprint density at radius 3 is 2.54 bits per heavy atom. The first-order valence-corrected chi connectivity index (χ1v) is 8.77. The minimum Gasteiger partial charge on any atom is -0.493 e. The maximum Gasteiger partial charge on any atom is 0.266 e. The van der Waals surface area contributed by atoms with Crippen LogP contribution in [0.5, 0.6) is 11.5 Å². The standard InChI is InChI=1S/C19H17FN2O3S/c1-12(25-17-6-4-3-5-16(17)24-2)18(23)22-19-21-15(11-26-19)13-7-9-14(20)10-8-13/h3-12H,1-2H3,(H,21,22,23)/t12-/m1/s1. The number of hydrogen-bond donors (Lipinski definition) is 1. The number of ether oxygens (including phenoxy) is 2. The Labute approximate surface area is 154 Å². The number of rotatable bonds is 6. The molecule has 0 aliphatic heterocycles. The summed E-state index contributed by atoms with van der Waals surface area (Å²) in [5.74, 6) is 0.416. The number of para-hydroxylation sites is 2. The molecule has 3 rings (SSSR count). The van der Waals surface area contributed by atoms with E-state index in [1.165, 1.54) is 23.5 Å². The van der Waals surface area contributed by atoms with Gasteiger partial charge in [0.15, 0.2) is 22.7 Å². The van der Waals surface area contributed by atoms with Gasteiger partial charge in [-0.3, -0.25) is 10.1 Å². The van der Waals surface area contributed by atoms with E-state index >= 15 is 0 Å². The highest BCUT2D eigenvalue weighted by Gasteiger charge is 2.18. The van der Waals surface area contributed by atoms with E-state index in [1.807, 2.05) is 6.07 Å². The van der Waals surface area contributed by atoms with Crippen molar-refractivity contribution in [2.24, 2.45) is 0 Å². The Kier molecular flexibility index (Phi) is 5.48. The van der Waals surface area contributed by atoms with Gasteiger partial charge >= 0.3 is 0 Å². The number of methoxy groups -OCH3 is 1. The number of nitrogens with zero attached hydrogens (tertiary/aromatic N) is 1. The number of hydrogen-bond acceptors (Lipinski definition) is 5. The number of nitrogens with one attached hydrogen (secondary N) is 1. The fourth-order valence-electron chi connectivity index (χ4n) is 2.25. The molecule has 2 aromatic carbocycles. The van der Waals surface area contributed by atoms with Crippen LogP contribution in [0.2, 0.25) is 0 Å². The molecule has 1 N–H and O–H groups in total. The van der Waals surface area contributed by atoms with Crippen molar-refractivity contribution < 1.29 is 18.7 Å². The van der Waals surface area contributed by atoms with E-state index in [0.29, 0.717) is 22.3 Å². The van der Waals surface area contributed by atoms with Crippen molar-refractivity contribution in [3.63, 3.8) is 0 Å². The van der Waals surface area contributed by atoms with Crippen molar-refractivity contribution in [2.45, 2.75) is 13.0 Å². The molecular formula is C19H17FN2O3S. The molecule has 134 valence electrons. The summed E-state index contributed by atoms with van der Waals surface area (Å²) in [6, 6.07) is 13.1. The van der Waals surface area contributed by atoms with Crippen LogP contribution in [-0.2, 0) is 4.79 Å². The Hall–Kier alpha value is -2.93. The monoisotopic (exact) mass is 372 g/mol. The van der Waals surface area contributed by atoms with Crippen LogP contribution in [0.15, 0.2) is 53.9 Å². The van der Waals surface area contributed by atoms with Crippen LogP contribution in [0, 0.1) is 5.82 Å². The topological polar surface area (TPSA) is 60.5 Å². The van der Waals surface area contributed by atoms with E-state index in [4.69, 9.17) is 9.47 Å². The maximum absolute atomic E-state index is 13.0. The highest BCUT2D eigenvalue weighted by Crippen LogP contribution is 2.28. The predicted octanol–water partition coefficient (Wildman–Crippen LogP) is 4.36. The molecule has 0 radical (unpaired) electrons. The smallest absolute Gasteiger partial charge is 0.266 e. The zero-order valence-corrected chi connectivity index (χ0v) is 15.0. The average Bonchev–Trinajstić information content (AvgIpc) is 3.11. The third kappa shape index (κ3) is 4.18. The van der Waals surface area contributed by atoms with Crippen LogP contribution < -0.4 is 14.8 Å². The fraction of sp³-hybridized carbons (Fsp3) is 0.158. The third-order valence-electron chi connectivity index (χ3n) is 3.62. The van der Waals surface area contributed by atoms with Gasteiger partial charge in [0.1, 0.15) is 5.82 Å². The van der Waals surface area contributed by atoms with Crippen LogP contribution in [0.1, 0.15) is 6.92 Å². The van der Waals surface area contributed by atoms with Crippen LogP contribution in [-0.4, -0.2) is 24.1 Å². The molecular weight excluding hydrogens is 355 g/mol. The maximum atomic E-state index is 13.0. The lowest BCUT2D eigenvalue weighted by atomic mass is 10.2. The number of anilines is 1. The van der Waals surface area contributed by atoms with Gasteiger partial charge in [-0.25, -0.2) is 9.37 Å². The highest BCUT2D eigenvalue weighted by atomic mass is 32.1. The van der Waals surface area contributed by atoms with Gasteiger partial charge in [0.05, 0.1) is 12.8 Å². The van der Waals surface area contributed by atoms with Gasteiger partial charge in [-0.2, -0.15) is 0 Å². The molecule has 1 heterocycles. The Balaban J connectivity index is 1.65. The Morgan fingerprint density at radius 1 is 1.15 bits per heavy atom. The molecule has 0 aliphatic rings. The van der Waals surface area contributed by atoms with E-state index in [0.717, 1.165) is 5.56 Å². The summed E-state index contributed by atoms with van der Waals surface area (Å²) >= 11 is 1.29. The molecule has 5 nitrogen and oxygen atoms in total. The zero-order valence-electron chi connectivity index (χ0n) is 14.2. The van der Waals surface area contributed by atoms with Gasteiger partial charge in [-0.05, 0) is 43.3 Å². The van der Waals surface area contributed by atoms with Crippen molar-refractivity contribution in [3.8, 4) is 22.8 Å². The van der Waals surface area contributed by atoms with E-state index < -0.39 is 6.10 Å². The van der Waals surface area contributed by atoms with E-state index in [2.05, 4.69) is 10.3 Å². The minimum absolute atomic E-state index is 0.306. The first-order chi connectivity index (χ1) is 12.6.